The van der Waals surface area contributed by atoms with Crippen LogP contribution in [0.2, 0.25) is 0 Å². The zero-order chi connectivity index (χ0) is 21.9. The number of hydrogen-bond donors (Lipinski definition) is 0. The number of nitro groups is 2. The SMILES string of the molecule is O=[N+]([O-])c1cc(C(F)(F)F)cc([N+](=O)[O-])c1[N]N(c1ccccc1)c1ccccc1. The summed E-state index contributed by atoms with van der Waals surface area (Å²) < 4.78 is 39.3. The van der Waals surface area contributed by atoms with Crippen molar-refractivity contribution in [3.8, 4) is 0 Å². The van der Waals surface area contributed by atoms with E-state index < -0.39 is 38.6 Å². The third-order valence-electron chi connectivity index (χ3n) is 3.99. The van der Waals surface area contributed by atoms with Crippen molar-refractivity contribution in [3.05, 3.63) is 98.6 Å². The van der Waals surface area contributed by atoms with Crippen LogP contribution >= 0.6 is 0 Å². The second-order valence-corrected chi connectivity index (χ2v) is 5.96. The second kappa shape index (κ2) is 8.07. The lowest BCUT2D eigenvalue weighted by Crippen LogP contribution is -2.25. The Morgan fingerprint density at radius 1 is 0.767 bits per heavy atom. The van der Waals surface area contributed by atoms with Crippen LogP contribution in [-0.2, 0) is 6.18 Å². The predicted octanol–water partition coefficient (Wildman–Crippen LogP) is 5.51. The van der Waals surface area contributed by atoms with Crippen LogP contribution in [0, 0.1) is 20.2 Å². The molecule has 0 N–H and O–H groups in total. The van der Waals surface area contributed by atoms with E-state index in [0.717, 1.165) is 0 Å². The molecule has 0 spiro atoms. The van der Waals surface area contributed by atoms with Gasteiger partial charge in [0.05, 0.1) is 26.8 Å². The van der Waals surface area contributed by atoms with Gasteiger partial charge >= 0.3 is 17.6 Å². The fraction of sp³-hybridized carbons (Fsp3) is 0.0526. The van der Waals surface area contributed by atoms with Crippen LogP contribution in [0.4, 0.5) is 41.6 Å². The molecule has 0 saturated heterocycles. The molecule has 0 heterocycles. The second-order valence-electron chi connectivity index (χ2n) is 5.96. The third kappa shape index (κ3) is 4.29. The van der Waals surface area contributed by atoms with Gasteiger partial charge in [-0.25, -0.2) is 5.01 Å². The molecule has 11 heteroatoms. The van der Waals surface area contributed by atoms with Crippen molar-refractivity contribution in [1.82, 2.24) is 5.43 Å². The Bertz CT molecular complexity index is 1000. The van der Waals surface area contributed by atoms with E-state index in [1.54, 1.807) is 60.7 Å². The fourth-order valence-corrected chi connectivity index (χ4v) is 2.65. The van der Waals surface area contributed by atoms with E-state index in [9.17, 15) is 33.4 Å². The maximum Gasteiger partial charge on any atom is 0.416 e. The number of hydrogen-bond acceptors (Lipinski definition) is 5. The van der Waals surface area contributed by atoms with Gasteiger partial charge < -0.3 is 0 Å². The molecule has 3 rings (SSSR count). The molecular weight excluding hydrogens is 405 g/mol. The Hall–Kier alpha value is -4.15. The first-order valence-corrected chi connectivity index (χ1v) is 8.34. The molecule has 0 aliphatic rings. The van der Waals surface area contributed by atoms with Gasteiger partial charge in [-0.15, -0.1) is 0 Å². The molecule has 3 aromatic carbocycles. The van der Waals surface area contributed by atoms with Gasteiger partial charge in [-0.1, -0.05) is 36.4 Å². The summed E-state index contributed by atoms with van der Waals surface area (Å²) in [7, 11) is 0. The van der Waals surface area contributed by atoms with Crippen LogP contribution in [0.5, 0.6) is 0 Å². The molecule has 30 heavy (non-hydrogen) atoms. The Balaban J connectivity index is 2.22. The molecule has 0 unspecified atom stereocenters. The van der Waals surface area contributed by atoms with Crippen molar-refractivity contribution < 1.29 is 23.0 Å². The van der Waals surface area contributed by atoms with E-state index in [1.165, 1.54) is 5.01 Å². The van der Waals surface area contributed by atoms with Crippen molar-refractivity contribution in [1.29, 1.82) is 0 Å². The molecule has 0 aromatic heterocycles. The van der Waals surface area contributed by atoms with Gasteiger partial charge in [-0.05, 0) is 24.3 Å². The molecular formula is C19H12F3N4O4. The molecule has 0 aliphatic heterocycles. The maximum atomic E-state index is 13.1. The summed E-state index contributed by atoms with van der Waals surface area (Å²) >= 11 is 0. The van der Waals surface area contributed by atoms with Crippen LogP contribution < -0.4 is 10.4 Å². The van der Waals surface area contributed by atoms with Gasteiger partial charge in [0.2, 0.25) is 5.69 Å². The average Bonchev–Trinajstić information content (AvgIpc) is 2.71. The first-order valence-electron chi connectivity index (χ1n) is 8.34. The highest BCUT2D eigenvalue weighted by molar-refractivity contribution is 5.74. The first-order chi connectivity index (χ1) is 14.2. The lowest BCUT2D eigenvalue weighted by molar-refractivity contribution is -0.393. The van der Waals surface area contributed by atoms with Crippen molar-refractivity contribution >= 4 is 28.4 Å². The molecule has 0 aliphatic carbocycles. The largest absolute Gasteiger partial charge is 0.416 e. The minimum Gasteiger partial charge on any atom is -0.258 e. The lowest BCUT2D eigenvalue weighted by atomic mass is 10.1. The molecule has 1 radical (unpaired) electrons. The first kappa shape index (κ1) is 20.6. The summed E-state index contributed by atoms with van der Waals surface area (Å²) in [5.41, 5.74) is 0.267. The van der Waals surface area contributed by atoms with Crippen LogP contribution in [0.25, 0.3) is 0 Å². The van der Waals surface area contributed by atoms with Gasteiger partial charge in [-0.2, -0.15) is 18.6 Å². The molecule has 0 saturated carbocycles. The Labute approximate surface area is 167 Å². The Kier molecular flexibility index (Phi) is 5.54. The topological polar surface area (TPSA) is 104 Å². The summed E-state index contributed by atoms with van der Waals surface area (Å²) in [5.74, 6) is 0. The zero-order valence-corrected chi connectivity index (χ0v) is 15.0. The molecule has 3 aromatic rings. The van der Waals surface area contributed by atoms with Gasteiger partial charge in [0.25, 0.3) is 0 Å². The van der Waals surface area contributed by atoms with Gasteiger partial charge in [0.15, 0.2) is 0 Å². The van der Waals surface area contributed by atoms with Crippen molar-refractivity contribution in [2.45, 2.75) is 6.18 Å². The monoisotopic (exact) mass is 417 g/mol. The van der Waals surface area contributed by atoms with Crippen LogP contribution in [0.15, 0.2) is 72.8 Å². The number of halogens is 3. The quantitative estimate of drug-likeness (QED) is 0.388. The molecule has 8 nitrogen and oxygen atoms in total. The number of rotatable bonds is 6. The average molecular weight is 417 g/mol. The van der Waals surface area contributed by atoms with E-state index in [2.05, 4.69) is 5.43 Å². The highest BCUT2D eigenvalue weighted by atomic mass is 19.4. The number of benzene rings is 3. The lowest BCUT2D eigenvalue weighted by Gasteiger charge is -2.23. The Morgan fingerprint density at radius 3 is 1.50 bits per heavy atom. The molecule has 0 bridgehead atoms. The van der Waals surface area contributed by atoms with Crippen molar-refractivity contribution in [2.24, 2.45) is 0 Å². The van der Waals surface area contributed by atoms with Crippen molar-refractivity contribution in [2.75, 3.05) is 5.01 Å². The smallest absolute Gasteiger partial charge is 0.258 e. The van der Waals surface area contributed by atoms with E-state index >= 15 is 0 Å². The molecule has 0 amide bonds. The fourth-order valence-electron chi connectivity index (χ4n) is 2.65. The summed E-state index contributed by atoms with van der Waals surface area (Å²) in [6, 6.07) is 16.9. The third-order valence-corrected chi connectivity index (χ3v) is 3.99. The number of nitrogens with zero attached hydrogens (tertiary/aromatic N) is 4. The molecule has 0 fully saturated rings. The van der Waals surface area contributed by atoms with Gasteiger partial charge in [0.1, 0.15) is 0 Å². The van der Waals surface area contributed by atoms with E-state index in [-0.39, 0.29) is 12.1 Å². The number of anilines is 2. The maximum absolute atomic E-state index is 13.1. The summed E-state index contributed by atoms with van der Waals surface area (Å²) in [6.07, 6.45) is -5.01. The van der Waals surface area contributed by atoms with E-state index in [0.29, 0.717) is 11.4 Å². The predicted molar refractivity (Wildman–Crippen MR) is 102 cm³/mol. The summed E-state index contributed by atoms with van der Waals surface area (Å²) in [6.45, 7) is 0. The molecule has 153 valence electrons. The Morgan fingerprint density at radius 2 is 1.17 bits per heavy atom. The minimum absolute atomic E-state index is 0.236. The van der Waals surface area contributed by atoms with Gasteiger partial charge in [-0.3, -0.25) is 20.2 Å². The number of nitro benzene ring substituents is 2. The standard InChI is InChI=1S/C19H12F3N4O4/c20-19(21,22)13-11-16(25(27)28)18(17(12-13)26(29)30)23-24(14-7-3-1-4-8-14)15-9-5-2-6-10-15/h1-12H. The summed E-state index contributed by atoms with van der Waals surface area (Å²) in [5, 5.41) is 24.1. The zero-order valence-electron chi connectivity index (χ0n) is 15.0. The summed E-state index contributed by atoms with van der Waals surface area (Å²) in [4.78, 5) is 20.7. The molecule has 0 atom stereocenters. The van der Waals surface area contributed by atoms with Crippen LogP contribution in [0.1, 0.15) is 5.56 Å². The minimum atomic E-state index is -5.01. The van der Waals surface area contributed by atoms with Crippen LogP contribution in [0.3, 0.4) is 0 Å². The highest BCUT2D eigenvalue weighted by Gasteiger charge is 2.39. The van der Waals surface area contributed by atoms with Gasteiger partial charge in [0, 0.05) is 12.1 Å². The van der Waals surface area contributed by atoms with E-state index in [1.807, 2.05) is 0 Å². The van der Waals surface area contributed by atoms with Crippen LogP contribution in [-0.4, -0.2) is 9.85 Å². The number of para-hydroxylation sites is 2. The highest BCUT2D eigenvalue weighted by Crippen LogP contribution is 2.42. The van der Waals surface area contributed by atoms with Crippen molar-refractivity contribution in [3.63, 3.8) is 0 Å². The number of alkyl halides is 3. The van der Waals surface area contributed by atoms with E-state index in [4.69, 9.17) is 0 Å². The normalized spacial score (nSPS) is 11.0.